The van der Waals surface area contributed by atoms with Gasteiger partial charge in [-0.2, -0.15) is 0 Å². The second-order valence-corrected chi connectivity index (χ2v) is 4.19. The smallest absolute Gasteiger partial charge is 0.259 e. The molecular weight excluding hydrogens is 246 g/mol. The summed E-state index contributed by atoms with van der Waals surface area (Å²) in [5, 5.41) is 2.70. The third kappa shape index (κ3) is 5.39. The number of benzene rings is 1. The Balaban J connectivity index is 2.57. The highest BCUT2D eigenvalue weighted by Gasteiger charge is 2.06. The van der Waals surface area contributed by atoms with Gasteiger partial charge >= 0.3 is 0 Å². The van der Waals surface area contributed by atoms with Crippen LogP contribution >= 0.6 is 0 Å². The van der Waals surface area contributed by atoms with Crippen LogP contribution in [-0.4, -0.2) is 44.0 Å². The number of rotatable bonds is 6. The van der Waals surface area contributed by atoms with Crippen molar-refractivity contribution in [3.63, 3.8) is 0 Å². The summed E-state index contributed by atoms with van der Waals surface area (Å²) < 4.78 is 5.34. The molecule has 1 rings (SSSR count). The van der Waals surface area contributed by atoms with Crippen molar-refractivity contribution in [1.82, 2.24) is 4.90 Å². The number of nitrogens with one attached hydrogen (secondary N) is 1. The maximum atomic E-state index is 11.4. The first-order chi connectivity index (χ1) is 9.02. The molecule has 1 aromatic carbocycles. The predicted octanol–water partition coefficient (Wildman–Crippen LogP) is 0.441. The summed E-state index contributed by atoms with van der Waals surface area (Å²) in [5.41, 5.74) is 5.91. The highest BCUT2D eigenvalue weighted by Crippen LogP contribution is 2.17. The first kappa shape index (κ1) is 15.0. The molecule has 6 heteroatoms. The summed E-state index contributed by atoms with van der Waals surface area (Å²) in [5.74, 6) is 0.252. The van der Waals surface area contributed by atoms with Crippen molar-refractivity contribution in [3.8, 4) is 5.75 Å². The van der Waals surface area contributed by atoms with E-state index in [9.17, 15) is 9.59 Å². The van der Waals surface area contributed by atoms with Crippen molar-refractivity contribution in [2.45, 2.75) is 6.42 Å². The van der Waals surface area contributed by atoms with Crippen molar-refractivity contribution in [1.29, 1.82) is 0 Å². The maximum absolute atomic E-state index is 11.4. The van der Waals surface area contributed by atoms with Gasteiger partial charge in [0.1, 0.15) is 5.75 Å². The average molecular weight is 265 g/mol. The van der Waals surface area contributed by atoms with Crippen molar-refractivity contribution in [3.05, 3.63) is 24.3 Å². The van der Waals surface area contributed by atoms with E-state index in [0.29, 0.717) is 18.0 Å². The predicted molar refractivity (Wildman–Crippen MR) is 72.9 cm³/mol. The minimum atomic E-state index is -0.149. The Morgan fingerprint density at radius 3 is 2.74 bits per heavy atom. The van der Waals surface area contributed by atoms with Gasteiger partial charge in [-0.15, -0.1) is 0 Å². The van der Waals surface area contributed by atoms with Crippen molar-refractivity contribution < 1.29 is 14.3 Å². The molecule has 0 atom stereocenters. The second-order valence-electron chi connectivity index (χ2n) is 4.19. The van der Waals surface area contributed by atoms with Crippen LogP contribution in [0.5, 0.6) is 5.75 Å². The molecule has 0 spiro atoms. The number of ether oxygens (including phenoxy) is 1. The van der Waals surface area contributed by atoms with Crippen molar-refractivity contribution in [2.75, 3.05) is 32.6 Å². The Morgan fingerprint density at radius 2 is 2.11 bits per heavy atom. The number of anilines is 1. The molecular formula is C13H19N3O3. The lowest BCUT2D eigenvalue weighted by molar-refractivity contribution is -0.130. The minimum absolute atomic E-state index is 0.0345. The van der Waals surface area contributed by atoms with E-state index in [2.05, 4.69) is 5.32 Å². The van der Waals surface area contributed by atoms with Crippen LogP contribution in [0.1, 0.15) is 6.42 Å². The molecule has 1 aromatic rings. The Labute approximate surface area is 112 Å². The zero-order valence-electron chi connectivity index (χ0n) is 11.2. The number of hydrogen-bond acceptors (Lipinski definition) is 4. The van der Waals surface area contributed by atoms with Gasteiger partial charge in [-0.05, 0) is 12.1 Å². The Kier molecular flexibility index (Phi) is 5.81. The molecule has 0 saturated heterocycles. The fraction of sp³-hybridized carbons (Fsp3) is 0.385. The summed E-state index contributed by atoms with van der Waals surface area (Å²) in [4.78, 5) is 24.2. The lowest BCUT2D eigenvalue weighted by Gasteiger charge is -2.12. The standard InChI is InChI=1S/C13H19N3O3/c1-16(2)13(18)9-19-11-5-3-4-10(8-11)15-12(17)6-7-14/h3-5,8H,6-7,9,14H2,1-2H3,(H,15,17). The Morgan fingerprint density at radius 1 is 1.37 bits per heavy atom. The van der Waals surface area contributed by atoms with E-state index in [4.69, 9.17) is 10.5 Å². The summed E-state index contributed by atoms with van der Waals surface area (Å²) in [6.07, 6.45) is 0.268. The quantitative estimate of drug-likeness (QED) is 0.781. The van der Waals surface area contributed by atoms with Crippen LogP contribution in [0.15, 0.2) is 24.3 Å². The van der Waals surface area contributed by atoms with Gasteiger partial charge in [-0.25, -0.2) is 0 Å². The van der Waals surface area contributed by atoms with Crippen LogP contribution in [0.25, 0.3) is 0 Å². The zero-order chi connectivity index (χ0) is 14.3. The molecule has 0 radical (unpaired) electrons. The molecule has 19 heavy (non-hydrogen) atoms. The van der Waals surface area contributed by atoms with Crippen LogP contribution in [0.4, 0.5) is 5.69 Å². The topological polar surface area (TPSA) is 84.7 Å². The number of carbonyl (C=O) groups excluding carboxylic acids is 2. The van der Waals surface area contributed by atoms with E-state index in [0.717, 1.165) is 0 Å². The molecule has 0 aliphatic rings. The van der Waals surface area contributed by atoms with Gasteiger partial charge in [0.05, 0.1) is 0 Å². The lowest BCUT2D eigenvalue weighted by Crippen LogP contribution is -2.27. The number of amides is 2. The average Bonchev–Trinajstić information content (AvgIpc) is 2.36. The van der Waals surface area contributed by atoms with E-state index in [1.165, 1.54) is 4.90 Å². The number of carbonyl (C=O) groups is 2. The van der Waals surface area contributed by atoms with Crippen molar-refractivity contribution in [2.24, 2.45) is 5.73 Å². The van der Waals surface area contributed by atoms with E-state index < -0.39 is 0 Å². The molecule has 0 aliphatic carbocycles. The summed E-state index contributed by atoms with van der Waals surface area (Å²) >= 11 is 0. The highest BCUT2D eigenvalue weighted by atomic mass is 16.5. The Hall–Kier alpha value is -2.08. The normalized spacial score (nSPS) is 9.84. The van der Waals surface area contributed by atoms with Gasteiger partial charge < -0.3 is 20.7 Å². The molecule has 2 amide bonds. The summed E-state index contributed by atoms with van der Waals surface area (Å²) in [7, 11) is 3.32. The van der Waals surface area contributed by atoms with Crippen LogP contribution < -0.4 is 15.8 Å². The number of likely N-dealkylation sites (N-methyl/N-ethyl adjacent to an activating group) is 1. The van der Waals surface area contributed by atoms with Gasteiger partial charge in [0.2, 0.25) is 5.91 Å². The van der Waals surface area contributed by atoms with Gasteiger partial charge in [-0.1, -0.05) is 6.07 Å². The van der Waals surface area contributed by atoms with E-state index in [-0.39, 0.29) is 24.8 Å². The molecule has 0 aliphatic heterocycles. The molecule has 104 valence electrons. The summed E-state index contributed by atoms with van der Waals surface area (Å²) in [6, 6.07) is 6.88. The largest absolute Gasteiger partial charge is 0.484 e. The van der Waals surface area contributed by atoms with E-state index in [1.54, 1.807) is 38.4 Å². The molecule has 6 nitrogen and oxygen atoms in total. The first-order valence-electron chi connectivity index (χ1n) is 5.96. The number of nitrogens with two attached hydrogens (primary N) is 1. The molecule has 0 heterocycles. The van der Waals surface area contributed by atoms with E-state index >= 15 is 0 Å². The molecule has 0 bridgehead atoms. The van der Waals surface area contributed by atoms with Crippen LogP contribution in [-0.2, 0) is 9.59 Å². The lowest BCUT2D eigenvalue weighted by atomic mass is 10.3. The first-order valence-corrected chi connectivity index (χ1v) is 5.96. The van der Waals surface area contributed by atoms with Gasteiger partial charge in [0.15, 0.2) is 6.61 Å². The highest BCUT2D eigenvalue weighted by molar-refractivity contribution is 5.91. The van der Waals surface area contributed by atoms with Crippen LogP contribution in [0.3, 0.4) is 0 Å². The second kappa shape index (κ2) is 7.38. The monoisotopic (exact) mass is 265 g/mol. The fourth-order valence-corrected chi connectivity index (χ4v) is 1.29. The Bertz CT molecular complexity index is 447. The maximum Gasteiger partial charge on any atom is 0.259 e. The molecule has 0 unspecified atom stereocenters. The molecule has 0 fully saturated rings. The van der Waals surface area contributed by atoms with Crippen LogP contribution in [0, 0.1) is 0 Å². The third-order valence-corrected chi connectivity index (χ3v) is 2.35. The van der Waals surface area contributed by atoms with Gasteiger partial charge in [-0.3, -0.25) is 9.59 Å². The third-order valence-electron chi connectivity index (χ3n) is 2.35. The minimum Gasteiger partial charge on any atom is -0.484 e. The summed E-state index contributed by atoms with van der Waals surface area (Å²) in [6.45, 7) is 0.270. The fourth-order valence-electron chi connectivity index (χ4n) is 1.29. The van der Waals surface area contributed by atoms with Crippen LogP contribution in [0.2, 0.25) is 0 Å². The molecule has 0 aromatic heterocycles. The zero-order valence-corrected chi connectivity index (χ0v) is 11.2. The van der Waals surface area contributed by atoms with Gasteiger partial charge in [0.25, 0.3) is 5.91 Å². The van der Waals surface area contributed by atoms with E-state index in [1.807, 2.05) is 0 Å². The molecule has 0 saturated carbocycles. The van der Waals surface area contributed by atoms with Gasteiger partial charge in [0, 0.05) is 38.8 Å². The number of hydrogen-bond donors (Lipinski definition) is 2. The SMILES string of the molecule is CN(C)C(=O)COc1cccc(NC(=O)CCN)c1. The number of nitrogens with zero attached hydrogens (tertiary/aromatic N) is 1. The van der Waals surface area contributed by atoms with Crippen molar-refractivity contribution >= 4 is 17.5 Å². The molecule has 3 N–H and O–H groups in total.